The molecule has 0 unspecified atom stereocenters. The summed E-state index contributed by atoms with van der Waals surface area (Å²) < 4.78 is 0. The lowest BCUT2D eigenvalue weighted by atomic mass is 10.4. The number of carbonyl (C=O) groups excluding carboxylic acids is 1. The van der Waals surface area contributed by atoms with E-state index in [-0.39, 0.29) is 11.7 Å². The first-order chi connectivity index (χ1) is 6.22. The molecule has 0 aromatic carbocycles. The first kappa shape index (κ1) is 9.98. The van der Waals surface area contributed by atoms with Gasteiger partial charge in [-0.1, -0.05) is 0 Å². The number of aryl methyl sites for hydroxylation is 1. The highest BCUT2D eigenvalue weighted by Gasteiger charge is 1.98. The molecule has 13 heavy (non-hydrogen) atoms. The summed E-state index contributed by atoms with van der Waals surface area (Å²) in [6.45, 7) is 2.27. The van der Waals surface area contributed by atoms with Crippen molar-refractivity contribution in [3.63, 3.8) is 0 Å². The second-order valence-electron chi connectivity index (χ2n) is 2.58. The second kappa shape index (κ2) is 4.81. The van der Waals surface area contributed by atoms with Gasteiger partial charge in [-0.15, -0.1) is 0 Å². The minimum atomic E-state index is -0.106. The molecule has 0 saturated heterocycles. The number of carbonyl (C=O) groups is 1. The molecule has 0 aliphatic carbocycles. The number of hydrogen-bond donors (Lipinski definition) is 2. The highest BCUT2D eigenvalue weighted by Crippen LogP contribution is 1.93. The van der Waals surface area contributed by atoms with E-state index in [2.05, 4.69) is 27.9 Å². The molecule has 0 aliphatic rings. The van der Waals surface area contributed by atoms with Crippen LogP contribution in [0.2, 0.25) is 0 Å². The summed E-state index contributed by atoms with van der Waals surface area (Å²) in [6.07, 6.45) is 3.32. The minimum Gasteiger partial charge on any atom is -0.350 e. The molecule has 1 amide bonds. The van der Waals surface area contributed by atoms with Crippen LogP contribution in [-0.4, -0.2) is 21.6 Å². The molecule has 0 bridgehead atoms. The minimum absolute atomic E-state index is 0.106. The SMILES string of the molecule is Cc1cnc(CNC(=O)CS)cn1. The summed E-state index contributed by atoms with van der Waals surface area (Å²) in [5.74, 6) is 0.0879. The number of nitrogens with one attached hydrogen (secondary N) is 1. The molecule has 4 nitrogen and oxygen atoms in total. The number of nitrogens with zero attached hydrogens (tertiary/aromatic N) is 2. The first-order valence-corrected chi connectivity index (χ1v) is 4.50. The van der Waals surface area contributed by atoms with Gasteiger partial charge < -0.3 is 5.32 Å². The fourth-order valence-electron chi connectivity index (χ4n) is 0.756. The summed E-state index contributed by atoms with van der Waals surface area (Å²) in [7, 11) is 0. The third-order valence-corrected chi connectivity index (χ3v) is 1.73. The van der Waals surface area contributed by atoms with Crippen molar-refractivity contribution in [2.75, 3.05) is 5.75 Å². The largest absolute Gasteiger partial charge is 0.350 e. The zero-order valence-electron chi connectivity index (χ0n) is 7.32. The predicted octanol–water partition coefficient (Wildman–Crippen LogP) is 0.331. The lowest BCUT2D eigenvalue weighted by Gasteiger charge is -2.01. The molecule has 1 rings (SSSR count). The van der Waals surface area contributed by atoms with E-state index in [1.807, 2.05) is 6.92 Å². The number of amides is 1. The topological polar surface area (TPSA) is 54.9 Å². The van der Waals surface area contributed by atoms with Crippen molar-refractivity contribution in [1.82, 2.24) is 15.3 Å². The molecule has 1 aromatic rings. The van der Waals surface area contributed by atoms with Crippen LogP contribution in [0, 0.1) is 6.92 Å². The van der Waals surface area contributed by atoms with Crippen molar-refractivity contribution >= 4 is 18.5 Å². The molecule has 1 aromatic heterocycles. The first-order valence-electron chi connectivity index (χ1n) is 3.87. The van der Waals surface area contributed by atoms with Gasteiger partial charge in [-0.2, -0.15) is 12.6 Å². The van der Waals surface area contributed by atoms with Crippen LogP contribution < -0.4 is 5.32 Å². The Kier molecular flexibility index (Phi) is 3.70. The van der Waals surface area contributed by atoms with Crippen molar-refractivity contribution in [2.45, 2.75) is 13.5 Å². The van der Waals surface area contributed by atoms with Crippen LogP contribution in [0.4, 0.5) is 0 Å². The zero-order chi connectivity index (χ0) is 9.68. The van der Waals surface area contributed by atoms with Gasteiger partial charge in [0.1, 0.15) is 0 Å². The molecule has 0 spiro atoms. The highest BCUT2D eigenvalue weighted by molar-refractivity contribution is 7.81. The molecule has 1 N–H and O–H groups in total. The Morgan fingerprint density at radius 2 is 2.31 bits per heavy atom. The average Bonchev–Trinajstić information content (AvgIpc) is 2.16. The number of hydrogen-bond acceptors (Lipinski definition) is 4. The Morgan fingerprint density at radius 1 is 1.54 bits per heavy atom. The summed E-state index contributed by atoms with van der Waals surface area (Å²) in [4.78, 5) is 18.9. The Bertz CT molecular complexity index is 286. The standard InChI is InChI=1S/C8H11N3OS/c1-6-2-10-7(3-9-6)4-11-8(12)5-13/h2-3,13H,4-5H2,1H3,(H,11,12). The molecule has 70 valence electrons. The molecule has 0 saturated carbocycles. The highest BCUT2D eigenvalue weighted by atomic mass is 32.1. The Balaban J connectivity index is 2.46. The number of rotatable bonds is 3. The van der Waals surface area contributed by atoms with Crippen molar-refractivity contribution in [2.24, 2.45) is 0 Å². The summed E-state index contributed by atoms with van der Waals surface area (Å²) in [5, 5.41) is 2.65. The normalized spacial score (nSPS) is 9.69. The Morgan fingerprint density at radius 3 is 2.85 bits per heavy atom. The van der Waals surface area contributed by atoms with E-state index < -0.39 is 0 Å². The van der Waals surface area contributed by atoms with Gasteiger partial charge in [0.05, 0.1) is 29.9 Å². The fourth-order valence-corrected chi connectivity index (χ4v) is 0.867. The molecular formula is C8H11N3OS. The molecule has 5 heteroatoms. The summed E-state index contributed by atoms with van der Waals surface area (Å²) in [5.41, 5.74) is 1.62. The van der Waals surface area contributed by atoms with Crippen molar-refractivity contribution in [3.8, 4) is 0 Å². The lowest BCUT2D eigenvalue weighted by Crippen LogP contribution is -2.24. The van der Waals surface area contributed by atoms with Crippen molar-refractivity contribution < 1.29 is 4.79 Å². The molecule has 0 aliphatic heterocycles. The van der Waals surface area contributed by atoms with Gasteiger partial charge in [0.25, 0.3) is 0 Å². The maximum atomic E-state index is 10.8. The van der Waals surface area contributed by atoms with Gasteiger partial charge >= 0.3 is 0 Å². The van der Waals surface area contributed by atoms with Crippen LogP contribution in [0.1, 0.15) is 11.4 Å². The predicted molar refractivity (Wildman–Crippen MR) is 52.5 cm³/mol. The smallest absolute Gasteiger partial charge is 0.230 e. The Labute approximate surface area is 82.2 Å². The molecule has 0 radical (unpaired) electrons. The van der Waals surface area contributed by atoms with Crippen molar-refractivity contribution in [3.05, 3.63) is 23.8 Å². The van der Waals surface area contributed by atoms with E-state index in [0.29, 0.717) is 6.54 Å². The van der Waals surface area contributed by atoms with E-state index in [4.69, 9.17) is 0 Å². The van der Waals surface area contributed by atoms with Crippen LogP contribution in [0.5, 0.6) is 0 Å². The van der Waals surface area contributed by atoms with Gasteiger partial charge in [0.15, 0.2) is 0 Å². The zero-order valence-corrected chi connectivity index (χ0v) is 8.21. The maximum Gasteiger partial charge on any atom is 0.230 e. The van der Waals surface area contributed by atoms with E-state index in [1.165, 1.54) is 0 Å². The van der Waals surface area contributed by atoms with Crippen LogP contribution in [0.15, 0.2) is 12.4 Å². The van der Waals surface area contributed by atoms with Gasteiger partial charge in [-0.05, 0) is 6.92 Å². The van der Waals surface area contributed by atoms with E-state index in [0.717, 1.165) is 11.4 Å². The van der Waals surface area contributed by atoms with Crippen LogP contribution in [0.3, 0.4) is 0 Å². The maximum absolute atomic E-state index is 10.8. The molecule has 0 fully saturated rings. The van der Waals surface area contributed by atoms with E-state index in [1.54, 1.807) is 12.4 Å². The van der Waals surface area contributed by atoms with Crippen molar-refractivity contribution in [1.29, 1.82) is 0 Å². The third-order valence-electron chi connectivity index (χ3n) is 1.44. The van der Waals surface area contributed by atoms with E-state index >= 15 is 0 Å². The molecular weight excluding hydrogens is 186 g/mol. The monoisotopic (exact) mass is 197 g/mol. The fraction of sp³-hybridized carbons (Fsp3) is 0.375. The van der Waals surface area contributed by atoms with Gasteiger partial charge in [-0.25, -0.2) is 0 Å². The molecule has 0 atom stereocenters. The van der Waals surface area contributed by atoms with Gasteiger partial charge in [-0.3, -0.25) is 14.8 Å². The number of aromatic nitrogens is 2. The average molecular weight is 197 g/mol. The van der Waals surface area contributed by atoms with E-state index in [9.17, 15) is 4.79 Å². The van der Waals surface area contributed by atoms with Crippen LogP contribution in [-0.2, 0) is 11.3 Å². The number of thiol groups is 1. The summed E-state index contributed by atoms with van der Waals surface area (Å²) >= 11 is 3.83. The lowest BCUT2D eigenvalue weighted by molar-refractivity contribution is -0.118. The van der Waals surface area contributed by atoms with Crippen LogP contribution in [0.25, 0.3) is 0 Å². The molecule has 1 heterocycles. The Hall–Kier alpha value is -1.10. The second-order valence-corrected chi connectivity index (χ2v) is 2.90. The van der Waals surface area contributed by atoms with Crippen LogP contribution >= 0.6 is 12.6 Å². The third kappa shape index (κ3) is 3.42. The quantitative estimate of drug-likeness (QED) is 0.687. The summed E-state index contributed by atoms with van der Waals surface area (Å²) in [6, 6.07) is 0. The van der Waals surface area contributed by atoms with Gasteiger partial charge in [0, 0.05) is 6.20 Å². The van der Waals surface area contributed by atoms with Gasteiger partial charge in [0.2, 0.25) is 5.91 Å².